The van der Waals surface area contributed by atoms with Crippen LogP contribution in [0.4, 0.5) is 0 Å². The molecular weight excluding hydrogens is 466 g/mol. The van der Waals surface area contributed by atoms with Crippen molar-refractivity contribution in [2.24, 2.45) is 5.10 Å². The minimum absolute atomic E-state index is 0.115. The van der Waals surface area contributed by atoms with Gasteiger partial charge >= 0.3 is 0 Å². The molecule has 0 aromatic heterocycles. The lowest BCUT2D eigenvalue weighted by Gasteiger charge is -2.16. The van der Waals surface area contributed by atoms with Crippen molar-refractivity contribution < 1.29 is 23.8 Å². The Hall–Kier alpha value is -3.07. The van der Waals surface area contributed by atoms with Gasteiger partial charge in [-0.05, 0) is 65.2 Å². The molecule has 0 fully saturated rings. The standard InChI is InChI=1S/C22H26BrN3O5/c1-5-29-19-11-16(10-18(23)22(19)31-14-21(28)26(3)4)12-24-25-20(27)13-30-17-8-6-7-15(2)9-17/h6-12H,5,13-14H2,1-4H3,(H,25,27)/b24-12+. The van der Waals surface area contributed by atoms with Gasteiger partial charge in [-0.3, -0.25) is 9.59 Å². The van der Waals surface area contributed by atoms with E-state index in [9.17, 15) is 9.59 Å². The highest BCUT2D eigenvalue weighted by Gasteiger charge is 2.14. The highest BCUT2D eigenvalue weighted by atomic mass is 79.9. The van der Waals surface area contributed by atoms with E-state index in [4.69, 9.17) is 14.2 Å². The van der Waals surface area contributed by atoms with E-state index in [0.717, 1.165) is 5.56 Å². The van der Waals surface area contributed by atoms with Crippen molar-refractivity contribution in [3.8, 4) is 17.2 Å². The zero-order valence-corrected chi connectivity index (χ0v) is 19.6. The number of ether oxygens (including phenoxy) is 3. The smallest absolute Gasteiger partial charge is 0.277 e. The van der Waals surface area contributed by atoms with Crippen molar-refractivity contribution in [1.29, 1.82) is 0 Å². The number of carbonyl (C=O) groups is 2. The number of rotatable bonds is 10. The van der Waals surface area contributed by atoms with Crippen LogP contribution in [-0.4, -0.2) is 56.8 Å². The first-order valence-electron chi connectivity index (χ1n) is 9.60. The van der Waals surface area contributed by atoms with Gasteiger partial charge in [-0.15, -0.1) is 0 Å². The second-order valence-corrected chi connectivity index (χ2v) is 7.59. The number of halogens is 1. The Kier molecular flexibility index (Phi) is 9.33. The van der Waals surface area contributed by atoms with E-state index in [0.29, 0.717) is 33.9 Å². The third kappa shape index (κ3) is 7.93. The molecule has 0 aliphatic heterocycles. The lowest BCUT2D eigenvalue weighted by atomic mass is 10.2. The maximum absolute atomic E-state index is 11.9. The molecule has 0 unspecified atom stereocenters. The van der Waals surface area contributed by atoms with E-state index in [-0.39, 0.29) is 25.0 Å². The van der Waals surface area contributed by atoms with Gasteiger partial charge < -0.3 is 19.1 Å². The van der Waals surface area contributed by atoms with Crippen molar-refractivity contribution >= 4 is 34.0 Å². The van der Waals surface area contributed by atoms with E-state index >= 15 is 0 Å². The van der Waals surface area contributed by atoms with E-state index in [2.05, 4.69) is 26.5 Å². The number of hydrogen-bond donors (Lipinski definition) is 1. The minimum atomic E-state index is -0.385. The predicted octanol–water partition coefficient (Wildman–Crippen LogP) is 3.15. The first kappa shape index (κ1) is 24.2. The average molecular weight is 492 g/mol. The molecule has 0 heterocycles. The van der Waals surface area contributed by atoms with Crippen LogP contribution < -0.4 is 19.6 Å². The summed E-state index contributed by atoms with van der Waals surface area (Å²) >= 11 is 3.43. The summed E-state index contributed by atoms with van der Waals surface area (Å²) < 4.78 is 17.3. The second-order valence-electron chi connectivity index (χ2n) is 6.74. The normalized spacial score (nSPS) is 10.6. The Morgan fingerprint density at radius 2 is 1.90 bits per heavy atom. The van der Waals surface area contributed by atoms with Gasteiger partial charge in [0.15, 0.2) is 24.7 Å². The summed E-state index contributed by atoms with van der Waals surface area (Å²) in [5, 5.41) is 3.96. The maximum atomic E-state index is 11.9. The molecule has 0 aliphatic rings. The van der Waals surface area contributed by atoms with Crippen LogP contribution in [-0.2, 0) is 9.59 Å². The molecule has 0 saturated carbocycles. The summed E-state index contributed by atoms with van der Waals surface area (Å²) in [5.74, 6) is 0.941. The Morgan fingerprint density at radius 3 is 2.58 bits per heavy atom. The van der Waals surface area contributed by atoms with Crippen LogP contribution in [0, 0.1) is 6.92 Å². The van der Waals surface area contributed by atoms with Gasteiger partial charge in [0.25, 0.3) is 11.8 Å². The number of nitrogens with one attached hydrogen (secondary N) is 1. The fourth-order valence-electron chi connectivity index (χ4n) is 2.39. The molecule has 166 valence electrons. The zero-order chi connectivity index (χ0) is 22.8. The molecule has 2 aromatic rings. The van der Waals surface area contributed by atoms with E-state index < -0.39 is 0 Å². The summed E-state index contributed by atoms with van der Waals surface area (Å²) in [7, 11) is 3.31. The van der Waals surface area contributed by atoms with Gasteiger partial charge in [-0.1, -0.05) is 12.1 Å². The molecular formula is C22H26BrN3O5. The number of amides is 2. The summed E-state index contributed by atoms with van der Waals surface area (Å²) in [6, 6.07) is 10.9. The maximum Gasteiger partial charge on any atom is 0.277 e. The number of benzene rings is 2. The van der Waals surface area contributed by atoms with Crippen LogP contribution in [0.2, 0.25) is 0 Å². The third-order valence-corrected chi connectivity index (χ3v) is 4.52. The SMILES string of the molecule is CCOc1cc(/C=N/NC(=O)COc2cccc(C)c2)cc(Br)c1OCC(=O)N(C)C. The molecule has 31 heavy (non-hydrogen) atoms. The van der Waals surface area contributed by atoms with E-state index in [1.54, 1.807) is 32.3 Å². The number of hydrogen-bond acceptors (Lipinski definition) is 6. The molecule has 2 rings (SSSR count). The topological polar surface area (TPSA) is 89.5 Å². The molecule has 2 aromatic carbocycles. The number of carbonyl (C=O) groups excluding carboxylic acids is 2. The number of nitrogens with zero attached hydrogens (tertiary/aromatic N) is 2. The largest absolute Gasteiger partial charge is 0.490 e. The van der Waals surface area contributed by atoms with Crippen molar-refractivity contribution in [3.05, 3.63) is 52.0 Å². The van der Waals surface area contributed by atoms with Gasteiger partial charge in [-0.25, -0.2) is 5.43 Å². The number of likely N-dealkylation sites (N-methyl/N-ethyl adjacent to an activating group) is 1. The quantitative estimate of drug-likeness (QED) is 0.407. The molecule has 0 bridgehead atoms. The predicted molar refractivity (Wildman–Crippen MR) is 122 cm³/mol. The molecule has 2 amide bonds. The molecule has 1 N–H and O–H groups in total. The zero-order valence-electron chi connectivity index (χ0n) is 18.0. The molecule has 8 nitrogen and oxygen atoms in total. The summed E-state index contributed by atoms with van der Waals surface area (Å²) in [6.45, 7) is 3.94. The molecule has 0 saturated heterocycles. The first-order valence-corrected chi connectivity index (χ1v) is 10.4. The summed E-state index contributed by atoms with van der Waals surface area (Å²) in [6.07, 6.45) is 1.48. The molecule has 0 atom stereocenters. The third-order valence-electron chi connectivity index (χ3n) is 3.93. The molecule has 0 spiro atoms. The fourth-order valence-corrected chi connectivity index (χ4v) is 2.97. The van der Waals surface area contributed by atoms with Crippen LogP contribution in [0.5, 0.6) is 17.2 Å². The monoisotopic (exact) mass is 491 g/mol. The average Bonchev–Trinajstić information content (AvgIpc) is 2.71. The minimum Gasteiger partial charge on any atom is -0.490 e. The number of aryl methyl sites for hydroxylation is 1. The van der Waals surface area contributed by atoms with Crippen molar-refractivity contribution in [2.75, 3.05) is 33.9 Å². The molecule has 9 heteroatoms. The van der Waals surface area contributed by atoms with Gasteiger partial charge in [0.2, 0.25) is 0 Å². The Labute approximate surface area is 190 Å². The van der Waals surface area contributed by atoms with Crippen LogP contribution in [0.15, 0.2) is 46.0 Å². The lowest BCUT2D eigenvalue weighted by Crippen LogP contribution is -2.27. The summed E-state index contributed by atoms with van der Waals surface area (Å²) in [4.78, 5) is 25.2. The fraction of sp³-hybridized carbons (Fsp3) is 0.318. The van der Waals surface area contributed by atoms with Crippen molar-refractivity contribution in [3.63, 3.8) is 0 Å². The lowest BCUT2D eigenvalue weighted by molar-refractivity contribution is -0.130. The van der Waals surface area contributed by atoms with Gasteiger partial charge in [0.05, 0.1) is 17.3 Å². The van der Waals surface area contributed by atoms with Gasteiger partial charge in [0.1, 0.15) is 5.75 Å². The number of hydrazone groups is 1. The highest BCUT2D eigenvalue weighted by molar-refractivity contribution is 9.10. The van der Waals surface area contributed by atoms with Crippen LogP contribution in [0.1, 0.15) is 18.1 Å². The summed E-state index contributed by atoms with van der Waals surface area (Å²) in [5.41, 5.74) is 4.14. The first-order chi connectivity index (χ1) is 14.8. The Balaban J connectivity index is 1.99. The highest BCUT2D eigenvalue weighted by Crippen LogP contribution is 2.36. The van der Waals surface area contributed by atoms with Crippen LogP contribution in [0.3, 0.4) is 0 Å². The van der Waals surface area contributed by atoms with Crippen molar-refractivity contribution in [1.82, 2.24) is 10.3 Å². The van der Waals surface area contributed by atoms with Gasteiger partial charge in [-0.2, -0.15) is 5.10 Å². The van der Waals surface area contributed by atoms with Crippen LogP contribution >= 0.6 is 15.9 Å². The Bertz CT molecular complexity index is 947. The van der Waals surface area contributed by atoms with Crippen molar-refractivity contribution in [2.45, 2.75) is 13.8 Å². The Morgan fingerprint density at radius 1 is 1.13 bits per heavy atom. The molecule has 0 aliphatic carbocycles. The second kappa shape index (κ2) is 11.9. The van der Waals surface area contributed by atoms with Gasteiger partial charge in [0, 0.05) is 14.1 Å². The van der Waals surface area contributed by atoms with E-state index in [1.165, 1.54) is 11.1 Å². The van der Waals surface area contributed by atoms with E-state index in [1.807, 2.05) is 32.0 Å². The molecule has 0 radical (unpaired) electrons. The van der Waals surface area contributed by atoms with Crippen LogP contribution in [0.25, 0.3) is 0 Å².